The molecular formula is C14H18N2O. The fourth-order valence-corrected chi connectivity index (χ4v) is 2.28. The van der Waals surface area contributed by atoms with Crippen LogP contribution in [0.2, 0.25) is 0 Å². The summed E-state index contributed by atoms with van der Waals surface area (Å²) in [5, 5.41) is 8.93. The Morgan fingerprint density at radius 2 is 2.29 bits per heavy atom. The van der Waals surface area contributed by atoms with Crippen LogP contribution in [0.15, 0.2) is 24.3 Å². The van der Waals surface area contributed by atoms with Crippen molar-refractivity contribution in [3.8, 4) is 11.8 Å². The molecule has 3 heteroatoms. The number of benzene rings is 1. The molecule has 90 valence electrons. The zero-order valence-corrected chi connectivity index (χ0v) is 10.2. The second-order valence-corrected chi connectivity index (χ2v) is 4.48. The van der Waals surface area contributed by atoms with Crippen LogP contribution in [0.5, 0.6) is 5.75 Å². The van der Waals surface area contributed by atoms with Gasteiger partial charge >= 0.3 is 0 Å². The predicted octanol–water partition coefficient (Wildman–Crippen LogP) is 2.42. The highest BCUT2D eigenvalue weighted by molar-refractivity contribution is 5.42. The van der Waals surface area contributed by atoms with Gasteiger partial charge in [0.2, 0.25) is 0 Å². The third-order valence-corrected chi connectivity index (χ3v) is 3.33. The van der Waals surface area contributed by atoms with Crippen LogP contribution in [0.25, 0.3) is 0 Å². The molecule has 0 N–H and O–H groups in total. The number of nitriles is 1. The van der Waals surface area contributed by atoms with Crippen molar-refractivity contribution >= 4 is 0 Å². The van der Waals surface area contributed by atoms with Gasteiger partial charge in [0.05, 0.1) is 5.56 Å². The molecule has 1 fully saturated rings. The maximum atomic E-state index is 8.93. The Hall–Kier alpha value is -1.53. The van der Waals surface area contributed by atoms with Gasteiger partial charge in [0.15, 0.2) is 0 Å². The van der Waals surface area contributed by atoms with Crippen LogP contribution < -0.4 is 4.74 Å². The van der Waals surface area contributed by atoms with E-state index in [9.17, 15) is 0 Å². The van der Waals surface area contributed by atoms with Crippen LogP contribution in [-0.2, 0) is 0 Å². The number of nitrogens with zero attached hydrogens (tertiary/aromatic N) is 2. The van der Waals surface area contributed by atoms with Crippen LogP contribution in [0.1, 0.15) is 25.3 Å². The molecule has 0 aliphatic carbocycles. The second-order valence-electron chi connectivity index (χ2n) is 4.48. The Morgan fingerprint density at radius 1 is 1.47 bits per heavy atom. The third kappa shape index (κ3) is 2.98. The quantitative estimate of drug-likeness (QED) is 0.797. The number of likely N-dealkylation sites (tertiary alicyclic amines) is 1. The average molecular weight is 230 g/mol. The van der Waals surface area contributed by atoms with Gasteiger partial charge in [-0.25, -0.2) is 0 Å². The first-order valence-electron chi connectivity index (χ1n) is 6.17. The maximum absolute atomic E-state index is 8.93. The lowest BCUT2D eigenvalue weighted by atomic mass is 10.2. The molecule has 0 amide bonds. The third-order valence-electron chi connectivity index (χ3n) is 3.33. The van der Waals surface area contributed by atoms with E-state index >= 15 is 0 Å². The SMILES string of the molecule is CC1CCCN1CCOc1ccccc1C#N. The summed E-state index contributed by atoms with van der Waals surface area (Å²) >= 11 is 0. The summed E-state index contributed by atoms with van der Waals surface area (Å²) in [6.07, 6.45) is 2.57. The molecule has 1 aliphatic rings. The summed E-state index contributed by atoms with van der Waals surface area (Å²) in [5.41, 5.74) is 0.613. The van der Waals surface area contributed by atoms with Crippen molar-refractivity contribution in [3.05, 3.63) is 29.8 Å². The molecule has 1 aliphatic heterocycles. The minimum Gasteiger partial charge on any atom is -0.491 e. The van der Waals surface area contributed by atoms with Gasteiger partial charge in [-0.15, -0.1) is 0 Å². The highest BCUT2D eigenvalue weighted by Gasteiger charge is 2.19. The molecule has 1 aromatic rings. The Morgan fingerprint density at radius 3 is 3.00 bits per heavy atom. The molecule has 1 atom stereocenters. The van der Waals surface area contributed by atoms with Crippen molar-refractivity contribution in [3.63, 3.8) is 0 Å². The lowest BCUT2D eigenvalue weighted by molar-refractivity contribution is 0.204. The van der Waals surface area contributed by atoms with E-state index in [0.29, 0.717) is 24.0 Å². The molecular weight excluding hydrogens is 212 g/mol. The molecule has 1 aromatic carbocycles. The van der Waals surface area contributed by atoms with Crippen molar-refractivity contribution in [2.24, 2.45) is 0 Å². The highest BCUT2D eigenvalue weighted by Crippen LogP contribution is 2.18. The molecule has 0 saturated carbocycles. The maximum Gasteiger partial charge on any atom is 0.137 e. The van der Waals surface area contributed by atoms with E-state index in [2.05, 4.69) is 17.9 Å². The summed E-state index contributed by atoms with van der Waals surface area (Å²) in [6.45, 7) is 5.03. The van der Waals surface area contributed by atoms with E-state index in [1.54, 1.807) is 6.07 Å². The highest BCUT2D eigenvalue weighted by atomic mass is 16.5. The molecule has 17 heavy (non-hydrogen) atoms. The van der Waals surface area contributed by atoms with Crippen molar-refractivity contribution in [1.82, 2.24) is 4.90 Å². The van der Waals surface area contributed by atoms with Crippen molar-refractivity contribution in [1.29, 1.82) is 5.26 Å². The minimum atomic E-state index is 0.613. The second kappa shape index (κ2) is 5.70. The van der Waals surface area contributed by atoms with Gasteiger partial charge < -0.3 is 4.74 Å². The zero-order valence-electron chi connectivity index (χ0n) is 10.2. The van der Waals surface area contributed by atoms with Gasteiger partial charge in [-0.3, -0.25) is 4.90 Å². The Bertz CT molecular complexity index is 411. The minimum absolute atomic E-state index is 0.613. The number of ether oxygens (including phenoxy) is 1. The molecule has 1 saturated heterocycles. The van der Waals surface area contributed by atoms with Crippen LogP contribution in [-0.4, -0.2) is 30.6 Å². The Labute approximate surface area is 103 Å². The van der Waals surface area contributed by atoms with Crippen molar-refractivity contribution < 1.29 is 4.74 Å². The summed E-state index contributed by atoms with van der Waals surface area (Å²) in [6, 6.07) is 10.2. The van der Waals surface area contributed by atoms with E-state index in [-0.39, 0.29) is 0 Å². The van der Waals surface area contributed by atoms with E-state index in [1.807, 2.05) is 18.2 Å². The molecule has 0 aromatic heterocycles. The summed E-state index contributed by atoms with van der Waals surface area (Å²) in [5.74, 6) is 0.696. The molecule has 2 rings (SSSR count). The summed E-state index contributed by atoms with van der Waals surface area (Å²) in [7, 11) is 0. The summed E-state index contributed by atoms with van der Waals surface area (Å²) < 4.78 is 5.67. The fraction of sp³-hybridized carbons (Fsp3) is 0.500. The van der Waals surface area contributed by atoms with Crippen LogP contribution >= 0.6 is 0 Å². The number of hydrogen-bond acceptors (Lipinski definition) is 3. The molecule has 0 bridgehead atoms. The molecule has 0 radical (unpaired) electrons. The molecule has 3 nitrogen and oxygen atoms in total. The van der Waals surface area contributed by atoms with Gasteiger partial charge in [-0.05, 0) is 38.4 Å². The standard InChI is InChI=1S/C14H18N2O/c1-12-5-4-8-16(12)9-10-17-14-7-3-2-6-13(14)11-15/h2-3,6-7,12H,4-5,8-10H2,1H3. The first-order chi connectivity index (χ1) is 8.31. The number of rotatable bonds is 4. The van der Waals surface area contributed by atoms with Gasteiger partial charge in [-0.1, -0.05) is 12.1 Å². The first-order valence-corrected chi connectivity index (χ1v) is 6.17. The van der Waals surface area contributed by atoms with E-state index in [0.717, 1.165) is 6.54 Å². The van der Waals surface area contributed by atoms with Gasteiger partial charge in [-0.2, -0.15) is 5.26 Å². The average Bonchev–Trinajstić information content (AvgIpc) is 2.76. The van der Waals surface area contributed by atoms with Crippen LogP contribution in [0.4, 0.5) is 0 Å². The Balaban J connectivity index is 1.84. The topological polar surface area (TPSA) is 36.3 Å². The fourth-order valence-electron chi connectivity index (χ4n) is 2.28. The Kier molecular flexibility index (Phi) is 4.00. The smallest absolute Gasteiger partial charge is 0.137 e. The lowest BCUT2D eigenvalue weighted by Crippen LogP contribution is -2.31. The van der Waals surface area contributed by atoms with Crippen LogP contribution in [0, 0.1) is 11.3 Å². The van der Waals surface area contributed by atoms with Gasteiger partial charge in [0.1, 0.15) is 18.4 Å². The monoisotopic (exact) mass is 230 g/mol. The largest absolute Gasteiger partial charge is 0.491 e. The molecule has 0 spiro atoms. The van der Waals surface area contributed by atoms with E-state index in [4.69, 9.17) is 10.00 Å². The van der Waals surface area contributed by atoms with Gasteiger partial charge in [0.25, 0.3) is 0 Å². The van der Waals surface area contributed by atoms with Crippen molar-refractivity contribution in [2.75, 3.05) is 19.7 Å². The first kappa shape index (κ1) is 11.9. The molecule has 1 unspecified atom stereocenters. The van der Waals surface area contributed by atoms with E-state index in [1.165, 1.54) is 19.4 Å². The normalized spacial score (nSPS) is 20.1. The van der Waals surface area contributed by atoms with Gasteiger partial charge in [0, 0.05) is 12.6 Å². The zero-order chi connectivity index (χ0) is 12.1. The predicted molar refractivity (Wildman–Crippen MR) is 66.9 cm³/mol. The number of hydrogen-bond donors (Lipinski definition) is 0. The lowest BCUT2D eigenvalue weighted by Gasteiger charge is -2.20. The molecule has 1 heterocycles. The number of para-hydroxylation sites is 1. The van der Waals surface area contributed by atoms with Crippen molar-refractivity contribution in [2.45, 2.75) is 25.8 Å². The van der Waals surface area contributed by atoms with Crippen LogP contribution in [0.3, 0.4) is 0 Å². The van der Waals surface area contributed by atoms with E-state index < -0.39 is 0 Å². The summed E-state index contributed by atoms with van der Waals surface area (Å²) in [4.78, 5) is 2.44.